The molecular weight excluding hydrogens is 1030 g/mol. The Morgan fingerprint density at radius 2 is 0.595 bits per heavy atom. The van der Waals surface area contributed by atoms with Gasteiger partial charge in [0, 0.05) is 12.8 Å². The van der Waals surface area contributed by atoms with Crippen molar-refractivity contribution in [2.75, 3.05) is 13.2 Å². The summed E-state index contributed by atoms with van der Waals surface area (Å²) < 4.78 is 5.50. The molecule has 0 fully saturated rings. The molecule has 0 radical (unpaired) electrons. The fraction of sp³-hybridized carbons (Fsp3) is 0.923. The molecule has 498 valence electrons. The van der Waals surface area contributed by atoms with Gasteiger partial charge in [0.25, 0.3) is 0 Å². The highest BCUT2D eigenvalue weighted by molar-refractivity contribution is 5.76. The molecule has 0 heterocycles. The monoisotopic (exact) mass is 1180 g/mol. The molecule has 0 saturated carbocycles. The molecule has 0 aliphatic rings. The van der Waals surface area contributed by atoms with E-state index >= 15 is 0 Å². The van der Waals surface area contributed by atoms with Gasteiger partial charge in [0.2, 0.25) is 5.91 Å². The van der Waals surface area contributed by atoms with Crippen molar-refractivity contribution in [3.63, 3.8) is 0 Å². The van der Waals surface area contributed by atoms with E-state index in [1.807, 2.05) is 0 Å². The Hall–Kier alpha value is -1.66. The molecule has 2 atom stereocenters. The Balaban J connectivity index is 3.39. The smallest absolute Gasteiger partial charge is 0.305 e. The van der Waals surface area contributed by atoms with Crippen LogP contribution in [-0.4, -0.2) is 47.4 Å². The SMILES string of the molecule is CCCCCCCCCCCCCCCCCCCCCCCCCC(O)C(CO)NC(=O)CCCCCCCCCCCCCCC/C=C\C/C=C\CCCCCCCCCCCOC(=O)CCCCCCCCCCCCCCCCC. The quantitative estimate of drug-likeness (QED) is 0.0320. The number of amides is 1. The minimum absolute atomic E-state index is 0.0160. The van der Waals surface area contributed by atoms with Crippen molar-refractivity contribution < 1.29 is 24.5 Å². The molecule has 0 aromatic heterocycles. The van der Waals surface area contributed by atoms with Crippen LogP contribution in [0.2, 0.25) is 0 Å². The van der Waals surface area contributed by atoms with Gasteiger partial charge in [0.05, 0.1) is 25.4 Å². The zero-order valence-electron chi connectivity index (χ0n) is 57.2. The van der Waals surface area contributed by atoms with Gasteiger partial charge in [-0.15, -0.1) is 0 Å². The molecule has 3 N–H and O–H groups in total. The lowest BCUT2D eigenvalue weighted by molar-refractivity contribution is -0.143. The van der Waals surface area contributed by atoms with E-state index < -0.39 is 12.1 Å². The number of rotatable bonds is 73. The Morgan fingerprint density at radius 1 is 0.333 bits per heavy atom. The minimum atomic E-state index is -0.666. The van der Waals surface area contributed by atoms with E-state index in [2.05, 4.69) is 43.5 Å². The summed E-state index contributed by atoms with van der Waals surface area (Å²) in [7, 11) is 0. The number of nitrogens with one attached hydrogen (secondary N) is 1. The zero-order valence-corrected chi connectivity index (χ0v) is 57.2. The predicted octanol–water partition coefficient (Wildman–Crippen LogP) is 25.3. The van der Waals surface area contributed by atoms with Gasteiger partial charge < -0.3 is 20.3 Å². The highest BCUT2D eigenvalue weighted by Crippen LogP contribution is 2.20. The summed E-state index contributed by atoms with van der Waals surface area (Å²) in [5, 5.41) is 23.5. The third-order valence-corrected chi connectivity index (χ3v) is 18.3. The van der Waals surface area contributed by atoms with Crippen molar-refractivity contribution >= 4 is 11.9 Å². The van der Waals surface area contributed by atoms with E-state index in [-0.39, 0.29) is 18.5 Å². The van der Waals surface area contributed by atoms with E-state index in [0.29, 0.717) is 25.9 Å². The second-order valence-electron chi connectivity index (χ2n) is 26.7. The Kier molecular flexibility index (Phi) is 72.3. The molecule has 1 amide bonds. The fourth-order valence-corrected chi connectivity index (χ4v) is 12.4. The number of allylic oxidation sites excluding steroid dienone is 4. The van der Waals surface area contributed by atoms with Gasteiger partial charge in [0.1, 0.15) is 0 Å². The average molecular weight is 1180 g/mol. The second-order valence-corrected chi connectivity index (χ2v) is 26.7. The summed E-state index contributed by atoms with van der Waals surface area (Å²) in [4.78, 5) is 24.6. The van der Waals surface area contributed by atoms with E-state index in [0.717, 1.165) is 44.9 Å². The van der Waals surface area contributed by atoms with Crippen LogP contribution in [0.5, 0.6) is 0 Å². The number of esters is 1. The molecule has 0 aliphatic heterocycles. The largest absolute Gasteiger partial charge is 0.466 e. The van der Waals surface area contributed by atoms with Gasteiger partial charge in [0.15, 0.2) is 0 Å². The first-order valence-corrected chi connectivity index (χ1v) is 38.6. The van der Waals surface area contributed by atoms with Crippen LogP contribution < -0.4 is 5.32 Å². The average Bonchev–Trinajstić information content (AvgIpc) is 3.53. The molecule has 6 heteroatoms. The van der Waals surface area contributed by atoms with Gasteiger partial charge in [-0.05, 0) is 57.8 Å². The molecule has 0 aromatic rings. The Bertz CT molecular complexity index is 1320. The maximum absolute atomic E-state index is 12.6. The molecule has 84 heavy (non-hydrogen) atoms. The van der Waals surface area contributed by atoms with Crippen molar-refractivity contribution in [1.82, 2.24) is 5.32 Å². The molecule has 0 spiro atoms. The number of carbonyl (C=O) groups is 2. The van der Waals surface area contributed by atoms with E-state index in [1.54, 1.807) is 0 Å². The van der Waals surface area contributed by atoms with Crippen molar-refractivity contribution in [3.05, 3.63) is 24.3 Å². The normalized spacial score (nSPS) is 12.6. The lowest BCUT2D eigenvalue weighted by Crippen LogP contribution is -2.45. The highest BCUT2D eigenvalue weighted by atomic mass is 16.5. The summed E-state index contributed by atoms with van der Waals surface area (Å²) in [6.45, 7) is 5.00. The molecule has 0 bridgehead atoms. The first kappa shape index (κ1) is 82.3. The van der Waals surface area contributed by atoms with Crippen LogP contribution in [0.15, 0.2) is 24.3 Å². The topological polar surface area (TPSA) is 95.9 Å². The second kappa shape index (κ2) is 73.8. The van der Waals surface area contributed by atoms with Crippen LogP contribution in [-0.2, 0) is 14.3 Å². The number of aliphatic hydroxyl groups excluding tert-OH is 2. The number of ether oxygens (including phenoxy) is 1. The summed E-state index contributed by atoms with van der Waals surface area (Å²) in [6.07, 6.45) is 94.0. The third-order valence-electron chi connectivity index (χ3n) is 18.3. The summed E-state index contributed by atoms with van der Waals surface area (Å²) >= 11 is 0. The van der Waals surface area contributed by atoms with Crippen molar-refractivity contribution in [3.8, 4) is 0 Å². The fourth-order valence-electron chi connectivity index (χ4n) is 12.4. The molecule has 0 rings (SSSR count). The van der Waals surface area contributed by atoms with Gasteiger partial charge in [-0.1, -0.05) is 391 Å². The van der Waals surface area contributed by atoms with Crippen molar-refractivity contribution in [2.24, 2.45) is 0 Å². The minimum Gasteiger partial charge on any atom is -0.466 e. The van der Waals surface area contributed by atoms with Gasteiger partial charge in [-0.25, -0.2) is 0 Å². The molecular formula is C78H151NO5. The van der Waals surface area contributed by atoms with Crippen LogP contribution in [0.4, 0.5) is 0 Å². The van der Waals surface area contributed by atoms with Gasteiger partial charge in [-0.3, -0.25) is 9.59 Å². The van der Waals surface area contributed by atoms with Crippen LogP contribution >= 0.6 is 0 Å². The first-order valence-electron chi connectivity index (χ1n) is 38.6. The predicted molar refractivity (Wildman–Crippen MR) is 370 cm³/mol. The molecule has 0 aliphatic carbocycles. The van der Waals surface area contributed by atoms with Crippen molar-refractivity contribution in [1.29, 1.82) is 0 Å². The lowest BCUT2D eigenvalue weighted by Gasteiger charge is -2.22. The van der Waals surface area contributed by atoms with Gasteiger partial charge >= 0.3 is 5.97 Å². The van der Waals surface area contributed by atoms with Gasteiger partial charge in [-0.2, -0.15) is 0 Å². The molecule has 0 aromatic carbocycles. The van der Waals surface area contributed by atoms with E-state index in [4.69, 9.17) is 4.74 Å². The third kappa shape index (κ3) is 69.4. The molecule has 0 saturated heterocycles. The summed E-state index contributed by atoms with van der Waals surface area (Å²) in [5.41, 5.74) is 0. The summed E-state index contributed by atoms with van der Waals surface area (Å²) in [6, 6.07) is -0.544. The number of unbranched alkanes of at least 4 members (excludes halogenated alkanes) is 58. The van der Waals surface area contributed by atoms with E-state index in [1.165, 1.54) is 360 Å². The maximum Gasteiger partial charge on any atom is 0.305 e. The first-order chi connectivity index (χ1) is 41.5. The summed E-state index contributed by atoms with van der Waals surface area (Å²) in [5.74, 6) is -0.0147. The number of aliphatic hydroxyl groups is 2. The number of hydrogen-bond donors (Lipinski definition) is 3. The van der Waals surface area contributed by atoms with Crippen LogP contribution in [0.1, 0.15) is 438 Å². The molecule has 6 nitrogen and oxygen atoms in total. The van der Waals surface area contributed by atoms with Crippen LogP contribution in [0.3, 0.4) is 0 Å². The Morgan fingerprint density at radius 3 is 0.905 bits per heavy atom. The van der Waals surface area contributed by atoms with E-state index in [9.17, 15) is 19.8 Å². The zero-order chi connectivity index (χ0) is 60.6. The highest BCUT2D eigenvalue weighted by Gasteiger charge is 2.20. The van der Waals surface area contributed by atoms with Crippen molar-refractivity contribution in [2.45, 2.75) is 450 Å². The molecule has 2 unspecified atom stereocenters. The van der Waals surface area contributed by atoms with Crippen LogP contribution in [0, 0.1) is 0 Å². The lowest BCUT2D eigenvalue weighted by atomic mass is 10.0. The Labute approximate surface area is 526 Å². The number of carbonyl (C=O) groups excluding carboxylic acids is 2. The van der Waals surface area contributed by atoms with Crippen LogP contribution in [0.25, 0.3) is 0 Å². The maximum atomic E-state index is 12.6. The number of hydrogen-bond acceptors (Lipinski definition) is 5. The standard InChI is InChI=1S/C78H151NO5/c1-3-5-7-9-11-13-15-17-19-20-21-22-30-33-36-39-43-46-50-54-58-62-66-70-76(81)75(74-80)79-77(82)71-67-63-59-55-51-47-44-40-37-34-31-28-26-24-23-25-27-29-32-35-38-41-45-49-53-57-61-65-69-73-84-78(83)72-68-64-60-56-52-48-42-18-16-14-12-10-8-6-4-2/h23,25,29,32,75-76,80-81H,3-22,24,26-28,30-31,33-74H2,1-2H3,(H,79,82)/b25-23-,32-29-.